The van der Waals surface area contributed by atoms with Gasteiger partial charge in [0.25, 0.3) is 0 Å². The van der Waals surface area contributed by atoms with Gasteiger partial charge in [-0.1, -0.05) is 18.5 Å². The van der Waals surface area contributed by atoms with E-state index in [1.54, 1.807) is 0 Å². The second-order valence-electron chi connectivity index (χ2n) is 4.37. The molecule has 2 rings (SSSR count). The molecule has 1 aliphatic rings. The van der Waals surface area contributed by atoms with E-state index < -0.39 is 34.5 Å². The lowest BCUT2D eigenvalue weighted by Crippen LogP contribution is -2.33. The molecule has 3 nitrogen and oxygen atoms in total. The summed E-state index contributed by atoms with van der Waals surface area (Å²) in [6.07, 6.45) is -4.78. The first-order valence-corrected chi connectivity index (χ1v) is 7.53. The van der Waals surface area contributed by atoms with Crippen LogP contribution >= 0.6 is 23.4 Å². The van der Waals surface area contributed by atoms with Crippen LogP contribution in [0.2, 0.25) is 5.02 Å². The molecule has 0 spiro atoms. The molecule has 0 radical (unpaired) electrons. The molecule has 1 heterocycles. The summed E-state index contributed by atoms with van der Waals surface area (Å²) in [5.74, 6) is -0.636. The Morgan fingerprint density at radius 2 is 2.05 bits per heavy atom. The van der Waals surface area contributed by atoms with Crippen LogP contribution in [0.4, 0.5) is 18.9 Å². The summed E-state index contributed by atoms with van der Waals surface area (Å²) in [6.45, 7) is 1.81. The Kier molecular flexibility index (Phi) is 4.53. The average Bonchev–Trinajstić information content (AvgIpc) is 2.65. The number of hydrogen-bond donors (Lipinski definition) is 0. The Morgan fingerprint density at radius 1 is 1.38 bits per heavy atom. The van der Waals surface area contributed by atoms with Gasteiger partial charge in [-0.2, -0.15) is 13.2 Å². The zero-order valence-electron chi connectivity index (χ0n) is 10.9. The molecule has 0 saturated carbocycles. The van der Waals surface area contributed by atoms with E-state index in [1.165, 1.54) is 17.8 Å². The van der Waals surface area contributed by atoms with Crippen molar-refractivity contribution in [2.45, 2.75) is 24.8 Å². The van der Waals surface area contributed by atoms with E-state index in [1.807, 2.05) is 6.92 Å². The van der Waals surface area contributed by atoms with E-state index in [2.05, 4.69) is 0 Å². The van der Waals surface area contributed by atoms with E-state index in [0.29, 0.717) is 10.7 Å². The third kappa shape index (κ3) is 3.18. The summed E-state index contributed by atoms with van der Waals surface area (Å²) < 4.78 is 39.2. The molecule has 0 bridgehead atoms. The van der Waals surface area contributed by atoms with Gasteiger partial charge in [0, 0.05) is 11.4 Å². The van der Waals surface area contributed by atoms with Crippen molar-refractivity contribution >= 4 is 40.9 Å². The highest BCUT2D eigenvalue weighted by atomic mass is 35.5. The van der Waals surface area contributed by atoms with Crippen LogP contribution < -0.4 is 4.90 Å². The van der Waals surface area contributed by atoms with Crippen LogP contribution in [0.5, 0.6) is 0 Å². The van der Waals surface area contributed by atoms with Crippen molar-refractivity contribution in [3.05, 3.63) is 28.8 Å². The first-order valence-electron chi connectivity index (χ1n) is 6.10. The number of hydrogen-bond acceptors (Lipinski definition) is 3. The van der Waals surface area contributed by atoms with Crippen LogP contribution in [-0.2, 0) is 15.8 Å². The normalized spacial score (nSPS) is 19.5. The lowest BCUT2D eigenvalue weighted by Gasteiger charge is -2.20. The van der Waals surface area contributed by atoms with Crippen molar-refractivity contribution < 1.29 is 22.8 Å². The molecule has 8 heteroatoms. The van der Waals surface area contributed by atoms with Gasteiger partial charge in [-0.25, -0.2) is 4.90 Å². The molecular formula is C13H11ClF3NO2S. The van der Waals surface area contributed by atoms with E-state index >= 15 is 0 Å². The number of imide groups is 1. The molecule has 1 aliphatic heterocycles. The lowest BCUT2D eigenvalue weighted by molar-refractivity contribution is -0.137. The largest absolute Gasteiger partial charge is 0.418 e. The molecule has 1 saturated heterocycles. The number of nitrogens with zero attached hydrogens (tertiary/aromatic N) is 1. The summed E-state index contributed by atoms with van der Waals surface area (Å²) in [4.78, 5) is 24.7. The number of rotatable bonds is 3. The number of alkyl halides is 3. The fourth-order valence-electron chi connectivity index (χ4n) is 2.12. The lowest BCUT2D eigenvalue weighted by atomic mass is 10.1. The zero-order valence-corrected chi connectivity index (χ0v) is 12.5. The SMILES string of the molecule is CCSC1CC(=O)N(c2ccc(Cl)cc2C(F)(F)F)C1=O. The molecule has 2 amide bonds. The van der Waals surface area contributed by atoms with E-state index in [4.69, 9.17) is 11.6 Å². The number of benzene rings is 1. The van der Waals surface area contributed by atoms with Crippen molar-refractivity contribution in [1.82, 2.24) is 0 Å². The average molecular weight is 338 g/mol. The van der Waals surface area contributed by atoms with E-state index in [9.17, 15) is 22.8 Å². The molecule has 0 aromatic heterocycles. The van der Waals surface area contributed by atoms with Crippen molar-refractivity contribution in [3.8, 4) is 0 Å². The minimum absolute atomic E-state index is 0.0860. The van der Waals surface area contributed by atoms with Crippen molar-refractivity contribution in [2.24, 2.45) is 0 Å². The van der Waals surface area contributed by atoms with Crippen molar-refractivity contribution in [1.29, 1.82) is 0 Å². The van der Waals surface area contributed by atoms with Gasteiger partial charge in [-0.05, 0) is 24.0 Å². The van der Waals surface area contributed by atoms with Crippen LogP contribution in [0.1, 0.15) is 18.9 Å². The quantitative estimate of drug-likeness (QED) is 0.788. The van der Waals surface area contributed by atoms with Crippen LogP contribution in [0, 0.1) is 0 Å². The highest BCUT2D eigenvalue weighted by molar-refractivity contribution is 8.00. The number of halogens is 4. The molecule has 114 valence electrons. The molecular weight excluding hydrogens is 327 g/mol. The van der Waals surface area contributed by atoms with Gasteiger partial charge in [-0.3, -0.25) is 9.59 Å². The molecule has 1 fully saturated rings. The minimum Gasteiger partial charge on any atom is -0.274 e. The number of anilines is 1. The fraction of sp³-hybridized carbons (Fsp3) is 0.385. The number of thioether (sulfide) groups is 1. The van der Waals surface area contributed by atoms with Crippen LogP contribution in [0.25, 0.3) is 0 Å². The Hall–Kier alpha value is -1.21. The smallest absolute Gasteiger partial charge is 0.274 e. The van der Waals surface area contributed by atoms with Crippen LogP contribution in [-0.4, -0.2) is 22.8 Å². The first kappa shape index (κ1) is 16.2. The number of carbonyl (C=O) groups is 2. The van der Waals surface area contributed by atoms with E-state index in [-0.39, 0.29) is 11.4 Å². The Bertz CT molecular complexity index is 591. The standard InChI is InChI=1S/C13H11ClF3NO2S/c1-2-21-10-6-11(19)18(12(10)20)9-4-3-7(14)5-8(9)13(15,16)17/h3-5,10H,2,6H2,1H3. The maximum Gasteiger partial charge on any atom is 0.418 e. The minimum atomic E-state index is -4.70. The maximum atomic E-state index is 13.1. The van der Waals surface area contributed by atoms with Gasteiger partial charge in [0.1, 0.15) is 0 Å². The maximum absolute atomic E-state index is 13.1. The summed E-state index contributed by atoms with van der Waals surface area (Å²) >= 11 is 6.83. The molecule has 1 unspecified atom stereocenters. The monoisotopic (exact) mass is 337 g/mol. The Morgan fingerprint density at radius 3 is 2.62 bits per heavy atom. The Labute approximate surface area is 128 Å². The van der Waals surface area contributed by atoms with Gasteiger partial charge in [0.15, 0.2) is 0 Å². The van der Waals surface area contributed by atoms with Gasteiger partial charge in [-0.15, -0.1) is 11.8 Å². The molecule has 1 aromatic carbocycles. The molecule has 0 aliphatic carbocycles. The summed E-state index contributed by atoms with van der Waals surface area (Å²) in [5.41, 5.74) is -1.54. The molecule has 1 atom stereocenters. The second kappa shape index (κ2) is 5.88. The summed E-state index contributed by atoms with van der Waals surface area (Å²) in [5, 5.41) is -0.732. The third-order valence-corrected chi connectivity index (χ3v) is 4.32. The van der Waals surface area contributed by atoms with Crippen molar-refractivity contribution in [2.75, 3.05) is 10.7 Å². The molecule has 1 aromatic rings. The van der Waals surface area contributed by atoms with E-state index in [0.717, 1.165) is 12.1 Å². The number of amides is 2. The highest BCUT2D eigenvalue weighted by Crippen LogP contribution is 2.40. The van der Waals surface area contributed by atoms with Gasteiger partial charge < -0.3 is 0 Å². The highest BCUT2D eigenvalue weighted by Gasteiger charge is 2.44. The predicted octanol–water partition coefficient (Wildman–Crippen LogP) is 3.74. The first-order chi connectivity index (χ1) is 9.75. The topological polar surface area (TPSA) is 37.4 Å². The predicted molar refractivity (Wildman–Crippen MR) is 75.5 cm³/mol. The molecule has 21 heavy (non-hydrogen) atoms. The van der Waals surface area contributed by atoms with Crippen LogP contribution in [0.3, 0.4) is 0 Å². The number of carbonyl (C=O) groups excluding carboxylic acids is 2. The van der Waals surface area contributed by atoms with Crippen molar-refractivity contribution in [3.63, 3.8) is 0 Å². The fourth-order valence-corrected chi connectivity index (χ4v) is 3.20. The summed E-state index contributed by atoms with van der Waals surface area (Å²) in [7, 11) is 0. The van der Waals surface area contributed by atoms with Gasteiger partial charge in [0.05, 0.1) is 16.5 Å². The summed E-state index contributed by atoms with van der Waals surface area (Å²) in [6, 6.07) is 3.00. The van der Waals surface area contributed by atoms with Gasteiger partial charge >= 0.3 is 6.18 Å². The zero-order chi connectivity index (χ0) is 15.8. The second-order valence-corrected chi connectivity index (χ2v) is 6.29. The molecule has 0 N–H and O–H groups in total. The van der Waals surface area contributed by atoms with Crippen LogP contribution in [0.15, 0.2) is 18.2 Å². The third-order valence-electron chi connectivity index (χ3n) is 2.98. The van der Waals surface area contributed by atoms with Gasteiger partial charge in [0.2, 0.25) is 11.8 Å². The Balaban J connectivity index is 2.47.